The van der Waals surface area contributed by atoms with Gasteiger partial charge in [0.2, 0.25) is 0 Å². The van der Waals surface area contributed by atoms with Crippen molar-refractivity contribution in [2.75, 3.05) is 19.8 Å². The maximum Gasteiger partial charge on any atom is 0.305 e. The van der Waals surface area contributed by atoms with Crippen molar-refractivity contribution >= 4 is 5.97 Å². The van der Waals surface area contributed by atoms with Crippen LogP contribution in [0.1, 0.15) is 12.0 Å². The molecule has 104 valence electrons. The number of hydrogen-bond acceptors (Lipinski definition) is 3. The van der Waals surface area contributed by atoms with E-state index in [1.54, 1.807) is 4.90 Å². The second kappa shape index (κ2) is 6.08. The van der Waals surface area contributed by atoms with Gasteiger partial charge in [-0.15, -0.1) is 0 Å². The normalized spacial score (nSPS) is 20.4. The molecule has 1 N–H and O–H groups in total. The maximum atomic E-state index is 13.6. The molecule has 1 aliphatic heterocycles. The molecule has 1 heterocycles. The number of rotatable bonds is 4. The van der Waals surface area contributed by atoms with Crippen LogP contribution >= 0.6 is 0 Å². The predicted octanol–water partition coefficient (Wildman–Crippen LogP) is 1.64. The van der Waals surface area contributed by atoms with Crippen molar-refractivity contribution in [3.8, 4) is 0 Å². The third kappa shape index (κ3) is 3.48. The number of benzene rings is 1. The first-order valence-electron chi connectivity index (χ1n) is 6.04. The van der Waals surface area contributed by atoms with Gasteiger partial charge in [0.15, 0.2) is 0 Å². The minimum Gasteiger partial charge on any atom is -0.481 e. The Morgan fingerprint density at radius 1 is 1.42 bits per heavy atom. The second-order valence-corrected chi connectivity index (χ2v) is 4.50. The molecular weight excluding hydrogens is 256 g/mol. The Balaban J connectivity index is 2.13. The molecule has 2 rings (SSSR count). The lowest BCUT2D eigenvalue weighted by Crippen LogP contribution is -2.46. The standard InChI is InChI=1S/C13H15F2NO3/c14-11-2-1-3-12(15)10(11)7-16-4-5-19-8-9(16)6-13(17)18/h1-3,9H,4-8H2,(H,17,18). The molecule has 1 fully saturated rings. The van der Waals surface area contributed by atoms with Crippen molar-refractivity contribution in [1.82, 2.24) is 4.90 Å². The fourth-order valence-corrected chi connectivity index (χ4v) is 2.17. The molecule has 1 saturated heterocycles. The number of aliphatic carboxylic acids is 1. The van der Waals surface area contributed by atoms with Crippen molar-refractivity contribution in [1.29, 1.82) is 0 Å². The SMILES string of the molecule is O=C(O)CC1COCCN1Cc1c(F)cccc1F. The highest BCUT2D eigenvalue weighted by Gasteiger charge is 2.26. The third-order valence-electron chi connectivity index (χ3n) is 3.18. The zero-order valence-corrected chi connectivity index (χ0v) is 10.3. The summed E-state index contributed by atoms with van der Waals surface area (Å²) < 4.78 is 32.4. The molecule has 4 nitrogen and oxygen atoms in total. The third-order valence-corrected chi connectivity index (χ3v) is 3.18. The van der Waals surface area contributed by atoms with Crippen LogP contribution in [0.3, 0.4) is 0 Å². The van der Waals surface area contributed by atoms with E-state index < -0.39 is 17.6 Å². The molecule has 0 bridgehead atoms. The van der Waals surface area contributed by atoms with E-state index in [4.69, 9.17) is 9.84 Å². The summed E-state index contributed by atoms with van der Waals surface area (Å²) in [5.74, 6) is -2.17. The van der Waals surface area contributed by atoms with E-state index in [0.29, 0.717) is 13.2 Å². The number of morpholine rings is 1. The van der Waals surface area contributed by atoms with Gasteiger partial charge in [-0.3, -0.25) is 9.69 Å². The highest BCUT2D eigenvalue weighted by Crippen LogP contribution is 2.19. The van der Waals surface area contributed by atoms with E-state index in [1.807, 2.05) is 0 Å². The summed E-state index contributed by atoms with van der Waals surface area (Å²) in [5.41, 5.74) is -0.0280. The van der Waals surface area contributed by atoms with Crippen LogP contribution in [0.2, 0.25) is 0 Å². The van der Waals surface area contributed by atoms with Crippen LogP contribution in [0.15, 0.2) is 18.2 Å². The Hall–Kier alpha value is -1.53. The Kier molecular flexibility index (Phi) is 4.44. The van der Waals surface area contributed by atoms with Crippen molar-refractivity contribution in [3.05, 3.63) is 35.4 Å². The number of carboxylic acids is 1. The van der Waals surface area contributed by atoms with E-state index in [-0.39, 0.29) is 31.2 Å². The Morgan fingerprint density at radius 2 is 2.11 bits per heavy atom. The van der Waals surface area contributed by atoms with Gasteiger partial charge in [0, 0.05) is 24.7 Å². The molecule has 1 aromatic rings. The number of carbonyl (C=O) groups is 1. The second-order valence-electron chi connectivity index (χ2n) is 4.50. The summed E-state index contributed by atoms with van der Waals surface area (Å²) in [5, 5.41) is 8.83. The zero-order valence-electron chi connectivity index (χ0n) is 10.3. The van der Waals surface area contributed by atoms with Crippen LogP contribution in [0, 0.1) is 11.6 Å². The number of hydrogen-bond donors (Lipinski definition) is 1. The summed E-state index contributed by atoms with van der Waals surface area (Å²) in [6, 6.07) is 3.35. The average molecular weight is 271 g/mol. The fraction of sp³-hybridized carbons (Fsp3) is 0.462. The van der Waals surface area contributed by atoms with Gasteiger partial charge in [-0.1, -0.05) is 6.07 Å². The quantitative estimate of drug-likeness (QED) is 0.904. The molecule has 0 aromatic heterocycles. The van der Waals surface area contributed by atoms with Crippen LogP contribution < -0.4 is 0 Å². The number of halogens is 2. The summed E-state index contributed by atoms with van der Waals surface area (Å²) in [4.78, 5) is 12.5. The van der Waals surface area contributed by atoms with Gasteiger partial charge in [0.25, 0.3) is 0 Å². The molecule has 1 atom stereocenters. The molecule has 0 amide bonds. The highest BCUT2D eigenvalue weighted by atomic mass is 19.1. The average Bonchev–Trinajstić information content (AvgIpc) is 2.35. The first-order valence-corrected chi connectivity index (χ1v) is 6.04. The first kappa shape index (κ1) is 13.9. The van der Waals surface area contributed by atoms with E-state index in [1.165, 1.54) is 18.2 Å². The molecule has 1 unspecified atom stereocenters. The van der Waals surface area contributed by atoms with Crippen LogP contribution in [-0.2, 0) is 16.1 Å². The van der Waals surface area contributed by atoms with Crippen molar-refractivity contribution in [3.63, 3.8) is 0 Å². The van der Waals surface area contributed by atoms with Gasteiger partial charge in [0.05, 0.1) is 19.6 Å². The van der Waals surface area contributed by atoms with Crippen molar-refractivity contribution in [2.45, 2.75) is 19.0 Å². The molecule has 19 heavy (non-hydrogen) atoms. The predicted molar refractivity (Wildman–Crippen MR) is 63.6 cm³/mol. The monoisotopic (exact) mass is 271 g/mol. The Labute approximate surface area is 109 Å². The lowest BCUT2D eigenvalue weighted by molar-refractivity contribution is -0.140. The largest absolute Gasteiger partial charge is 0.481 e. The summed E-state index contributed by atoms with van der Waals surface area (Å²) in [6.45, 7) is 1.22. The molecule has 0 saturated carbocycles. The fourth-order valence-electron chi connectivity index (χ4n) is 2.17. The minimum absolute atomic E-state index is 0.0280. The van der Waals surface area contributed by atoms with Gasteiger partial charge in [-0.05, 0) is 12.1 Å². The Morgan fingerprint density at radius 3 is 2.74 bits per heavy atom. The molecule has 0 radical (unpaired) electrons. The van der Waals surface area contributed by atoms with Crippen LogP contribution in [-0.4, -0.2) is 41.8 Å². The summed E-state index contributed by atoms with van der Waals surface area (Å²) >= 11 is 0. The van der Waals surface area contributed by atoms with E-state index in [0.717, 1.165) is 0 Å². The Bertz CT molecular complexity index is 447. The number of carboxylic acid groups (broad SMARTS) is 1. The van der Waals surface area contributed by atoms with E-state index in [2.05, 4.69) is 0 Å². The van der Waals surface area contributed by atoms with Crippen molar-refractivity contribution in [2.24, 2.45) is 0 Å². The van der Waals surface area contributed by atoms with Crippen molar-refractivity contribution < 1.29 is 23.4 Å². The topological polar surface area (TPSA) is 49.8 Å². The van der Waals surface area contributed by atoms with Crippen LogP contribution in [0.5, 0.6) is 0 Å². The smallest absolute Gasteiger partial charge is 0.305 e. The van der Waals surface area contributed by atoms with Gasteiger partial charge in [0.1, 0.15) is 11.6 Å². The van der Waals surface area contributed by atoms with Gasteiger partial charge >= 0.3 is 5.97 Å². The number of nitrogens with zero attached hydrogens (tertiary/aromatic N) is 1. The molecule has 1 aliphatic rings. The molecule has 0 spiro atoms. The van der Waals surface area contributed by atoms with Crippen LogP contribution in [0.4, 0.5) is 8.78 Å². The summed E-state index contributed by atoms with van der Waals surface area (Å²) in [6.07, 6.45) is -0.101. The zero-order chi connectivity index (χ0) is 13.8. The van der Waals surface area contributed by atoms with E-state index in [9.17, 15) is 13.6 Å². The minimum atomic E-state index is -0.950. The van der Waals surface area contributed by atoms with Crippen LogP contribution in [0.25, 0.3) is 0 Å². The van der Waals surface area contributed by atoms with E-state index >= 15 is 0 Å². The lowest BCUT2D eigenvalue weighted by atomic mass is 10.1. The van der Waals surface area contributed by atoms with Gasteiger partial charge < -0.3 is 9.84 Å². The first-order chi connectivity index (χ1) is 9.08. The molecule has 0 aliphatic carbocycles. The molecule has 1 aromatic carbocycles. The number of ether oxygens (including phenoxy) is 1. The maximum absolute atomic E-state index is 13.6. The lowest BCUT2D eigenvalue weighted by Gasteiger charge is -2.34. The van der Waals surface area contributed by atoms with Gasteiger partial charge in [-0.2, -0.15) is 0 Å². The highest BCUT2D eigenvalue weighted by molar-refractivity contribution is 5.67. The summed E-state index contributed by atoms with van der Waals surface area (Å²) in [7, 11) is 0. The van der Waals surface area contributed by atoms with Gasteiger partial charge in [-0.25, -0.2) is 8.78 Å². The molecular formula is C13H15F2NO3. The molecule has 6 heteroatoms.